The lowest BCUT2D eigenvalue weighted by Crippen LogP contribution is -2.42. The van der Waals surface area contributed by atoms with Gasteiger partial charge in [0.15, 0.2) is 0 Å². The molecule has 0 radical (unpaired) electrons. The van der Waals surface area contributed by atoms with E-state index in [0.717, 1.165) is 37.3 Å². The molecule has 1 unspecified atom stereocenters. The van der Waals surface area contributed by atoms with Crippen LogP contribution in [0.15, 0.2) is 36.4 Å². The number of hydrogen-bond acceptors (Lipinski definition) is 3. The topological polar surface area (TPSA) is 42.1 Å². The molecule has 20 heavy (non-hydrogen) atoms. The van der Waals surface area contributed by atoms with Crippen molar-refractivity contribution in [2.45, 2.75) is 25.4 Å². The van der Waals surface area contributed by atoms with E-state index in [2.05, 4.69) is 29.2 Å². The summed E-state index contributed by atoms with van der Waals surface area (Å²) in [5, 5.41) is 1.21. The van der Waals surface area contributed by atoms with E-state index >= 15 is 0 Å². The second kappa shape index (κ2) is 7.79. The summed E-state index contributed by atoms with van der Waals surface area (Å²) in [5.74, 6) is 0. The summed E-state index contributed by atoms with van der Waals surface area (Å²) in [5.41, 5.74) is 8.23. The molecule has 2 aromatic rings. The largest absolute Gasteiger partial charge is 0.327 e. The quantitative estimate of drug-likeness (QED) is 0.926. The van der Waals surface area contributed by atoms with E-state index in [4.69, 9.17) is 10.7 Å². The summed E-state index contributed by atoms with van der Waals surface area (Å²) in [6.07, 6.45) is 2.36. The Labute approximate surface area is 132 Å². The standard InChI is InChI=1S/C15H19N3.2ClH/c16-13-5-3-9-18(10-13)11-14-8-7-12-4-1-2-6-15(12)17-14;;/h1-2,4,6-8,13H,3,5,9-11,16H2;2*1H. The van der Waals surface area contributed by atoms with Crippen molar-refractivity contribution in [3.63, 3.8) is 0 Å². The summed E-state index contributed by atoms with van der Waals surface area (Å²) in [4.78, 5) is 7.12. The highest BCUT2D eigenvalue weighted by molar-refractivity contribution is 5.85. The monoisotopic (exact) mass is 313 g/mol. The van der Waals surface area contributed by atoms with Crippen molar-refractivity contribution >= 4 is 35.7 Å². The van der Waals surface area contributed by atoms with Crippen molar-refractivity contribution in [2.75, 3.05) is 13.1 Å². The van der Waals surface area contributed by atoms with Gasteiger partial charge in [0, 0.05) is 24.5 Å². The Morgan fingerprint density at radius 1 is 1.15 bits per heavy atom. The smallest absolute Gasteiger partial charge is 0.0705 e. The van der Waals surface area contributed by atoms with Crippen molar-refractivity contribution < 1.29 is 0 Å². The van der Waals surface area contributed by atoms with E-state index in [1.807, 2.05) is 12.1 Å². The maximum Gasteiger partial charge on any atom is 0.0705 e. The van der Waals surface area contributed by atoms with Crippen LogP contribution in [0.1, 0.15) is 18.5 Å². The number of fused-ring (bicyclic) bond motifs is 1. The average Bonchev–Trinajstić information content (AvgIpc) is 2.39. The van der Waals surface area contributed by atoms with Crippen LogP contribution in [0.2, 0.25) is 0 Å². The van der Waals surface area contributed by atoms with Crippen LogP contribution in [0, 0.1) is 0 Å². The Morgan fingerprint density at radius 2 is 1.95 bits per heavy atom. The summed E-state index contributed by atoms with van der Waals surface area (Å²) in [7, 11) is 0. The summed E-state index contributed by atoms with van der Waals surface area (Å²) in [6.45, 7) is 3.05. The first-order valence-corrected chi connectivity index (χ1v) is 6.64. The van der Waals surface area contributed by atoms with Crippen molar-refractivity contribution in [3.8, 4) is 0 Å². The van der Waals surface area contributed by atoms with Gasteiger partial charge < -0.3 is 5.73 Å². The molecule has 3 nitrogen and oxygen atoms in total. The Kier molecular flexibility index (Phi) is 6.69. The predicted molar refractivity (Wildman–Crippen MR) is 88.7 cm³/mol. The first kappa shape index (κ1) is 17.2. The molecule has 0 amide bonds. The summed E-state index contributed by atoms with van der Waals surface area (Å²) < 4.78 is 0. The fourth-order valence-electron chi connectivity index (χ4n) is 2.66. The second-order valence-corrected chi connectivity index (χ2v) is 5.13. The van der Waals surface area contributed by atoms with Gasteiger partial charge in [-0.3, -0.25) is 9.88 Å². The molecule has 1 aromatic heterocycles. The SMILES string of the molecule is Cl.Cl.NC1CCCN(Cc2ccc3ccccc3n2)C1. The maximum absolute atomic E-state index is 6.01. The van der Waals surface area contributed by atoms with Crippen molar-refractivity contribution in [1.82, 2.24) is 9.88 Å². The summed E-state index contributed by atoms with van der Waals surface area (Å²) >= 11 is 0. The number of halogens is 2. The molecule has 1 atom stereocenters. The molecule has 5 heteroatoms. The molecule has 0 spiro atoms. The van der Waals surface area contributed by atoms with Gasteiger partial charge in [0.25, 0.3) is 0 Å². The van der Waals surface area contributed by atoms with Crippen molar-refractivity contribution in [3.05, 3.63) is 42.1 Å². The Bertz CT molecular complexity index is 547. The lowest BCUT2D eigenvalue weighted by Gasteiger charge is -2.30. The first-order valence-electron chi connectivity index (χ1n) is 6.64. The van der Waals surface area contributed by atoms with Gasteiger partial charge in [-0.1, -0.05) is 24.3 Å². The summed E-state index contributed by atoms with van der Waals surface area (Å²) in [6, 6.07) is 12.9. The van der Waals surface area contributed by atoms with Crippen LogP contribution in [-0.4, -0.2) is 29.0 Å². The molecule has 1 fully saturated rings. The minimum Gasteiger partial charge on any atom is -0.327 e. The van der Waals surface area contributed by atoms with Crippen molar-refractivity contribution in [2.24, 2.45) is 5.73 Å². The van der Waals surface area contributed by atoms with Crippen LogP contribution in [0.4, 0.5) is 0 Å². The van der Waals surface area contributed by atoms with Gasteiger partial charge in [0.2, 0.25) is 0 Å². The normalized spacial score (nSPS) is 19.1. The van der Waals surface area contributed by atoms with Gasteiger partial charge in [-0.15, -0.1) is 24.8 Å². The van der Waals surface area contributed by atoms with E-state index in [1.165, 1.54) is 11.8 Å². The Balaban J connectivity index is 0.000001000. The van der Waals surface area contributed by atoms with Gasteiger partial charge in [0.1, 0.15) is 0 Å². The van der Waals surface area contributed by atoms with Crippen LogP contribution >= 0.6 is 24.8 Å². The van der Waals surface area contributed by atoms with E-state index < -0.39 is 0 Å². The van der Waals surface area contributed by atoms with Crippen molar-refractivity contribution in [1.29, 1.82) is 0 Å². The Morgan fingerprint density at radius 3 is 2.75 bits per heavy atom. The predicted octanol–water partition coefficient (Wildman–Crippen LogP) is 3.00. The van der Waals surface area contributed by atoms with Crippen LogP contribution in [0.5, 0.6) is 0 Å². The van der Waals surface area contributed by atoms with E-state index in [9.17, 15) is 0 Å². The minimum absolute atomic E-state index is 0. The van der Waals surface area contributed by atoms with Crippen LogP contribution in [0.3, 0.4) is 0 Å². The van der Waals surface area contributed by atoms with Crippen LogP contribution < -0.4 is 5.73 Å². The molecule has 0 aliphatic carbocycles. The van der Waals surface area contributed by atoms with E-state index in [0.29, 0.717) is 6.04 Å². The zero-order valence-electron chi connectivity index (χ0n) is 11.4. The fraction of sp³-hybridized carbons (Fsp3) is 0.400. The number of para-hydroxylation sites is 1. The fourth-order valence-corrected chi connectivity index (χ4v) is 2.66. The van der Waals surface area contributed by atoms with Crippen LogP contribution in [0.25, 0.3) is 10.9 Å². The van der Waals surface area contributed by atoms with Crippen LogP contribution in [-0.2, 0) is 6.54 Å². The molecule has 0 saturated carbocycles. The molecule has 1 aromatic carbocycles. The van der Waals surface area contributed by atoms with Gasteiger partial charge in [-0.25, -0.2) is 0 Å². The number of aromatic nitrogens is 1. The van der Waals surface area contributed by atoms with E-state index in [-0.39, 0.29) is 24.8 Å². The number of hydrogen-bond donors (Lipinski definition) is 1. The van der Waals surface area contributed by atoms with Gasteiger partial charge in [-0.05, 0) is 31.5 Å². The molecule has 1 aliphatic rings. The van der Waals surface area contributed by atoms with E-state index in [1.54, 1.807) is 0 Å². The zero-order chi connectivity index (χ0) is 12.4. The third-order valence-electron chi connectivity index (χ3n) is 3.58. The molecule has 0 bridgehead atoms. The number of nitrogens with zero attached hydrogens (tertiary/aromatic N) is 2. The third-order valence-corrected chi connectivity index (χ3v) is 3.58. The molecule has 2 heterocycles. The Hall–Kier alpha value is -0.870. The number of benzene rings is 1. The molecule has 3 rings (SSSR count). The molecular formula is C15H21Cl2N3. The van der Waals surface area contributed by atoms with Gasteiger partial charge in [0.05, 0.1) is 11.2 Å². The molecule has 2 N–H and O–H groups in total. The third kappa shape index (κ3) is 4.06. The minimum atomic E-state index is 0. The lowest BCUT2D eigenvalue weighted by molar-refractivity contribution is 0.199. The first-order chi connectivity index (χ1) is 8.81. The molecular weight excluding hydrogens is 293 g/mol. The second-order valence-electron chi connectivity index (χ2n) is 5.13. The molecule has 1 saturated heterocycles. The number of piperidine rings is 1. The highest BCUT2D eigenvalue weighted by Crippen LogP contribution is 2.15. The average molecular weight is 314 g/mol. The number of pyridine rings is 1. The number of nitrogens with two attached hydrogens (primary N) is 1. The zero-order valence-corrected chi connectivity index (χ0v) is 13.0. The number of likely N-dealkylation sites (tertiary alicyclic amines) is 1. The highest BCUT2D eigenvalue weighted by Gasteiger charge is 2.16. The lowest BCUT2D eigenvalue weighted by atomic mass is 10.1. The van der Waals surface area contributed by atoms with Gasteiger partial charge in [-0.2, -0.15) is 0 Å². The number of rotatable bonds is 2. The highest BCUT2D eigenvalue weighted by atomic mass is 35.5. The molecule has 110 valence electrons. The molecule has 1 aliphatic heterocycles. The maximum atomic E-state index is 6.01. The van der Waals surface area contributed by atoms with Gasteiger partial charge >= 0.3 is 0 Å².